The zero-order chi connectivity index (χ0) is 28.8. The number of hydrogen-bond acceptors (Lipinski definition) is 16. The van der Waals surface area contributed by atoms with Crippen LogP contribution in [0.4, 0.5) is 0 Å². The van der Waals surface area contributed by atoms with Crippen LogP contribution in [0.2, 0.25) is 0 Å². The number of aliphatic hydroxyl groups excluding tert-OH is 3. The fraction of sp³-hybridized carbons (Fsp3) is 0.773. The van der Waals surface area contributed by atoms with Crippen LogP contribution in [0.5, 0.6) is 0 Å². The molecule has 16 heteroatoms. The van der Waals surface area contributed by atoms with Crippen LogP contribution in [0.15, 0.2) is 0 Å². The molecule has 0 saturated carbocycles. The lowest BCUT2D eigenvalue weighted by Gasteiger charge is -2.46. The van der Waals surface area contributed by atoms with Gasteiger partial charge in [-0.1, -0.05) is 0 Å². The molecule has 0 bridgehead atoms. The van der Waals surface area contributed by atoms with Crippen LogP contribution in [0.3, 0.4) is 0 Å². The predicted octanol–water partition coefficient (Wildman–Crippen LogP) is -2.54. The second-order valence-corrected chi connectivity index (χ2v) is 8.48. The minimum absolute atomic E-state index is 0.774. The Bertz CT molecular complexity index is 891. The summed E-state index contributed by atoms with van der Waals surface area (Å²) in [6.45, 7) is 2.48. The first-order valence-corrected chi connectivity index (χ1v) is 11.5. The minimum atomic E-state index is -2.39. The molecule has 0 spiro atoms. The molecule has 9 atom stereocenters. The summed E-state index contributed by atoms with van der Waals surface area (Å²) >= 11 is 0. The number of hydrogen-bond donors (Lipinski definition) is 3. The van der Waals surface area contributed by atoms with Crippen molar-refractivity contribution < 1.29 is 77.2 Å². The third-order valence-electron chi connectivity index (χ3n) is 5.44. The SMILES string of the molecule is CC(=O)OC1C(CO)OC(OC2(CO)OC(CO)C(OC(C)=O)C2OC(C)=O)C(OC(C)=O)C1OC(C)=O. The van der Waals surface area contributed by atoms with Gasteiger partial charge in [0.15, 0.2) is 30.5 Å². The summed E-state index contributed by atoms with van der Waals surface area (Å²) in [7, 11) is 0. The lowest BCUT2D eigenvalue weighted by atomic mass is 9.97. The van der Waals surface area contributed by atoms with Gasteiger partial charge in [0.1, 0.15) is 18.8 Å². The van der Waals surface area contributed by atoms with E-state index in [1.165, 1.54) is 0 Å². The zero-order valence-electron chi connectivity index (χ0n) is 21.4. The van der Waals surface area contributed by atoms with Crippen LogP contribution in [0.25, 0.3) is 0 Å². The van der Waals surface area contributed by atoms with Gasteiger partial charge in [0, 0.05) is 34.6 Å². The van der Waals surface area contributed by atoms with Crippen molar-refractivity contribution in [2.24, 2.45) is 0 Å². The minimum Gasteiger partial charge on any atom is -0.456 e. The maximum Gasteiger partial charge on any atom is 0.303 e. The number of rotatable bonds is 10. The third kappa shape index (κ3) is 7.36. The molecule has 0 aliphatic carbocycles. The molecule has 0 amide bonds. The van der Waals surface area contributed by atoms with E-state index in [0.717, 1.165) is 34.6 Å². The topological polar surface area (TPSA) is 220 Å². The molecule has 0 aromatic heterocycles. The molecule has 2 fully saturated rings. The molecule has 16 nitrogen and oxygen atoms in total. The van der Waals surface area contributed by atoms with Gasteiger partial charge in [-0.05, 0) is 0 Å². The molecular weight excluding hydrogens is 520 g/mol. The summed E-state index contributed by atoms with van der Waals surface area (Å²) in [4.78, 5) is 59.2. The van der Waals surface area contributed by atoms with Crippen LogP contribution >= 0.6 is 0 Å². The molecule has 2 aliphatic heterocycles. The molecule has 2 saturated heterocycles. The van der Waals surface area contributed by atoms with Gasteiger partial charge in [-0.3, -0.25) is 24.0 Å². The van der Waals surface area contributed by atoms with E-state index in [1.807, 2.05) is 0 Å². The Morgan fingerprint density at radius 3 is 1.53 bits per heavy atom. The summed E-state index contributed by atoms with van der Waals surface area (Å²) in [6.07, 6.45) is -12.5. The molecule has 3 N–H and O–H groups in total. The largest absolute Gasteiger partial charge is 0.456 e. The average molecular weight is 552 g/mol. The molecule has 2 rings (SSSR count). The summed E-state index contributed by atoms with van der Waals surface area (Å²) < 4.78 is 43.3. The van der Waals surface area contributed by atoms with Crippen LogP contribution in [-0.4, -0.2) is 120 Å². The molecule has 9 unspecified atom stereocenters. The second-order valence-electron chi connectivity index (χ2n) is 8.48. The first-order chi connectivity index (χ1) is 17.8. The number of aliphatic hydroxyl groups is 3. The normalized spacial score (nSPS) is 34.6. The highest BCUT2D eigenvalue weighted by molar-refractivity contribution is 5.69. The number of ether oxygens (including phenoxy) is 8. The summed E-state index contributed by atoms with van der Waals surface area (Å²) in [5.41, 5.74) is 0. The molecule has 2 heterocycles. The Hall–Kier alpha value is -2.89. The lowest BCUT2D eigenvalue weighted by Crippen LogP contribution is -2.65. The maximum absolute atomic E-state index is 12.0. The van der Waals surface area contributed by atoms with E-state index < -0.39 is 104 Å². The Balaban J connectivity index is 2.58. The van der Waals surface area contributed by atoms with Crippen molar-refractivity contribution in [2.45, 2.75) is 89.4 Å². The van der Waals surface area contributed by atoms with Crippen molar-refractivity contribution in [1.29, 1.82) is 0 Å². The molecule has 216 valence electrons. The maximum atomic E-state index is 12.0. The van der Waals surface area contributed by atoms with Gasteiger partial charge >= 0.3 is 29.8 Å². The van der Waals surface area contributed by atoms with E-state index >= 15 is 0 Å². The Morgan fingerprint density at radius 1 is 0.632 bits per heavy atom. The van der Waals surface area contributed by atoms with Crippen LogP contribution in [0, 0.1) is 0 Å². The molecular formula is C22H32O16. The fourth-order valence-corrected chi connectivity index (χ4v) is 4.19. The first-order valence-electron chi connectivity index (χ1n) is 11.5. The van der Waals surface area contributed by atoms with Crippen molar-refractivity contribution in [3.63, 3.8) is 0 Å². The zero-order valence-corrected chi connectivity index (χ0v) is 21.4. The van der Waals surface area contributed by atoms with E-state index in [2.05, 4.69) is 0 Å². The average Bonchev–Trinajstić information content (AvgIpc) is 3.08. The molecule has 0 aromatic rings. The summed E-state index contributed by atoms with van der Waals surface area (Å²) in [5, 5.41) is 30.1. The summed E-state index contributed by atoms with van der Waals surface area (Å²) in [6, 6.07) is 0. The number of carbonyl (C=O) groups excluding carboxylic acids is 5. The van der Waals surface area contributed by atoms with Gasteiger partial charge in [0.2, 0.25) is 12.1 Å². The fourth-order valence-electron chi connectivity index (χ4n) is 4.19. The van der Waals surface area contributed by atoms with Crippen LogP contribution < -0.4 is 0 Å². The highest BCUT2D eigenvalue weighted by atomic mass is 16.8. The monoisotopic (exact) mass is 552 g/mol. The Morgan fingerprint density at radius 2 is 1.08 bits per heavy atom. The third-order valence-corrected chi connectivity index (χ3v) is 5.44. The predicted molar refractivity (Wildman–Crippen MR) is 116 cm³/mol. The van der Waals surface area contributed by atoms with E-state index in [0.29, 0.717) is 0 Å². The van der Waals surface area contributed by atoms with Gasteiger partial charge in [0.25, 0.3) is 0 Å². The van der Waals surface area contributed by atoms with E-state index in [4.69, 9.17) is 37.9 Å². The van der Waals surface area contributed by atoms with Crippen molar-refractivity contribution >= 4 is 29.8 Å². The lowest BCUT2D eigenvalue weighted by molar-refractivity contribution is -0.384. The van der Waals surface area contributed by atoms with Crippen molar-refractivity contribution in [3.05, 3.63) is 0 Å². The van der Waals surface area contributed by atoms with E-state index in [1.54, 1.807) is 0 Å². The van der Waals surface area contributed by atoms with E-state index in [9.17, 15) is 39.3 Å². The van der Waals surface area contributed by atoms with Gasteiger partial charge < -0.3 is 53.2 Å². The second kappa shape index (κ2) is 13.3. The van der Waals surface area contributed by atoms with Gasteiger partial charge in [0.05, 0.1) is 13.2 Å². The van der Waals surface area contributed by atoms with Gasteiger partial charge in [-0.15, -0.1) is 0 Å². The highest BCUT2D eigenvalue weighted by Crippen LogP contribution is 2.40. The molecule has 2 aliphatic rings. The molecule has 0 aromatic carbocycles. The first kappa shape index (κ1) is 31.3. The standard InChI is InChI=1S/C22H32O16/c1-9(26)31-16-14(6-23)36-21(19(34-12(4)29)18(16)33-11(3)28)38-22(8-25)20(35-13(5)30)17(32-10(2)27)15(7-24)37-22/h14-21,23-25H,6-8H2,1-5H3. The Labute approximate surface area is 216 Å². The van der Waals surface area contributed by atoms with E-state index in [-0.39, 0.29) is 0 Å². The highest BCUT2D eigenvalue weighted by Gasteiger charge is 2.63. The smallest absolute Gasteiger partial charge is 0.303 e. The number of esters is 5. The van der Waals surface area contributed by atoms with Crippen molar-refractivity contribution in [1.82, 2.24) is 0 Å². The van der Waals surface area contributed by atoms with Crippen molar-refractivity contribution in [3.8, 4) is 0 Å². The molecule has 38 heavy (non-hydrogen) atoms. The van der Waals surface area contributed by atoms with Crippen molar-refractivity contribution in [2.75, 3.05) is 19.8 Å². The van der Waals surface area contributed by atoms with Gasteiger partial charge in [-0.2, -0.15) is 0 Å². The number of carbonyl (C=O) groups is 5. The van der Waals surface area contributed by atoms with Crippen LogP contribution in [0.1, 0.15) is 34.6 Å². The van der Waals surface area contributed by atoms with Gasteiger partial charge in [-0.25, -0.2) is 0 Å². The summed E-state index contributed by atoms with van der Waals surface area (Å²) in [5.74, 6) is -6.78. The molecule has 0 radical (unpaired) electrons. The van der Waals surface area contributed by atoms with Crippen LogP contribution in [-0.2, 0) is 61.9 Å². The quantitative estimate of drug-likeness (QED) is 0.188. The Kier molecular flexibility index (Phi) is 10.9.